The highest BCUT2D eigenvalue weighted by atomic mass is 127. The van der Waals surface area contributed by atoms with Crippen LogP contribution in [0.25, 0.3) is 0 Å². The van der Waals surface area contributed by atoms with Gasteiger partial charge in [-0.3, -0.25) is 4.79 Å². The Bertz CT molecular complexity index is 429. The largest absolute Gasteiger partial charge is 0.443 e. The molecule has 0 amide bonds. The van der Waals surface area contributed by atoms with Gasteiger partial charge < -0.3 is 4.74 Å². The van der Waals surface area contributed by atoms with E-state index in [1.165, 1.54) is 11.5 Å². The first kappa shape index (κ1) is 13.2. The third kappa shape index (κ3) is 3.07. The van der Waals surface area contributed by atoms with Gasteiger partial charge in [-0.15, -0.1) is 0 Å². The van der Waals surface area contributed by atoms with Crippen molar-refractivity contribution in [2.75, 3.05) is 0 Å². The fourth-order valence-corrected chi connectivity index (χ4v) is 1.82. The summed E-state index contributed by atoms with van der Waals surface area (Å²) in [6.45, 7) is 6.78. The minimum absolute atomic E-state index is 0.159. The summed E-state index contributed by atoms with van der Waals surface area (Å²) in [6, 6.07) is 3.33. The van der Waals surface area contributed by atoms with Crippen molar-refractivity contribution in [1.29, 1.82) is 0 Å². The maximum absolute atomic E-state index is 11.9. The Morgan fingerprint density at radius 3 is 2.31 bits per heavy atom. The molecule has 0 bridgehead atoms. The standard InChI is InChI=1S/C11H14INO3/c1-7(14)8-5-6-9(12)13(8)10(15)16-11(2,3)4/h5-6H,1-4H3. The maximum atomic E-state index is 11.9. The van der Waals surface area contributed by atoms with E-state index in [0.29, 0.717) is 9.39 Å². The van der Waals surface area contributed by atoms with E-state index in [9.17, 15) is 9.59 Å². The fourth-order valence-electron chi connectivity index (χ4n) is 1.18. The SMILES string of the molecule is CC(=O)c1ccc(I)n1C(=O)OC(C)(C)C. The van der Waals surface area contributed by atoms with Crippen LogP contribution in [0.3, 0.4) is 0 Å². The average Bonchev–Trinajstić information content (AvgIpc) is 2.43. The third-order valence-corrected chi connectivity index (χ3v) is 2.61. The van der Waals surface area contributed by atoms with E-state index in [-0.39, 0.29) is 5.78 Å². The van der Waals surface area contributed by atoms with E-state index in [1.807, 2.05) is 22.6 Å². The molecule has 1 rings (SSSR count). The van der Waals surface area contributed by atoms with Crippen molar-refractivity contribution in [2.24, 2.45) is 0 Å². The van der Waals surface area contributed by atoms with E-state index in [1.54, 1.807) is 32.9 Å². The van der Waals surface area contributed by atoms with E-state index < -0.39 is 11.7 Å². The molecule has 0 unspecified atom stereocenters. The number of ether oxygens (including phenoxy) is 1. The van der Waals surface area contributed by atoms with Gasteiger partial charge in [-0.2, -0.15) is 0 Å². The molecule has 0 radical (unpaired) electrons. The molecule has 0 N–H and O–H groups in total. The van der Waals surface area contributed by atoms with Crippen LogP contribution in [0.1, 0.15) is 38.2 Å². The molecule has 0 aliphatic rings. The molecule has 0 aromatic carbocycles. The van der Waals surface area contributed by atoms with Crippen LogP contribution < -0.4 is 0 Å². The number of rotatable bonds is 1. The van der Waals surface area contributed by atoms with Crippen LogP contribution in [0.4, 0.5) is 4.79 Å². The number of hydrogen-bond acceptors (Lipinski definition) is 3. The summed E-state index contributed by atoms with van der Waals surface area (Å²) in [4.78, 5) is 23.2. The maximum Gasteiger partial charge on any atom is 0.419 e. The predicted octanol–water partition coefficient (Wildman–Crippen LogP) is 3.08. The Morgan fingerprint density at radius 1 is 1.31 bits per heavy atom. The Balaban J connectivity index is 3.08. The number of aromatic nitrogens is 1. The number of hydrogen-bond donors (Lipinski definition) is 0. The van der Waals surface area contributed by atoms with Gasteiger partial charge >= 0.3 is 6.09 Å². The van der Waals surface area contributed by atoms with Gasteiger partial charge in [-0.1, -0.05) is 0 Å². The van der Waals surface area contributed by atoms with Crippen molar-refractivity contribution >= 4 is 34.5 Å². The molecule has 0 aliphatic carbocycles. The van der Waals surface area contributed by atoms with Gasteiger partial charge in [0.05, 0.1) is 9.39 Å². The molecular formula is C11H14INO3. The molecule has 4 nitrogen and oxygen atoms in total. The average molecular weight is 335 g/mol. The monoisotopic (exact) mass is 335 g/mol. The quantitative estimate of drug-likeness (QED) is 0.585. The highest BCUT2D eigenvalue weighted by Crippen LogP contribution is 2.16. The number of halogens is 1. The van der Waals surface area contributed by atoms with Crippen LogP contribution in [-0.4, -0.2) is 22.0 Å². The predicted molar refractivity (Wildman–Crippen MR) is 68.8 cm³/mol. The zero-order valence-electron chi connectivity index (χ0n) is 9.70. The van der Waals surface area contributed by atoms with Gasteiger partial charge in [-0.25, -0.2) is 9.36 Å². The number of nitrogens with zero attached hydrogens (tertiary/aromatic N) is 1. The number of ketones is 1. The number of carbonyl (C=O) groups excluding carboxylic acids is 2. The molecular weight excluding hydrogens is 321 g/mol. The summed E-state index contributed by atoms with van der Waals surface area (Å²) in [5, 5.41) is 0. The molecule has 1 aromatic heterocycles. The van der Waals surface area contributed by atoms with Crippen LogP contribution in [0, 0.1) is 3.70 Å². The molecule has 88 valence electrons. The van der Waals surface area contributed by atoms with Crippen LogP contribution in [0.15, 0.2) is 12.1 Å². The van der Waals surface area contributed by atoms with E-state index in [4.69, 9.17) is 4.74 Å². The second kappa shape index (κ2) is 4.57. The zero-order chi connectivity index (χ0) is 12.5. The summed E-state index contributed by atoms with van der Waals surface area (Å²) in [6.07, 6.45) is -0.521. The van der Waals surface area contributed by atoms with Crippen LogP contribution in [-0.2, 0) is 4.74 Å². The van der Waals surface area contributed by atoms with Crippen LogP contribution in [0.2, 0.25) is 0 Å². The first-order valence-corrected chi connectivity index (χ1v) is 5.92. The zero-order valence-corrected chi connectivity index (χ0v) is 11.9. The summed E-state index contributed by atoms with van der Waals surface area (Å²) in [5.41, 5.74) is -0.225. The highest BCUT2D eigenvalue weighted by Gasteiger charge is 2.22. The Kier molecular flexibility index (Phi) is 3.77. The van der Waals surface area contributed by atoms with Crippen molar-refractivity contribution < 1.29 is 14.3 Å². The smallest absolute Gasteiger partial charge is 0.419 e. The minimum Gasteiger partial charge on any atom is -0.443 e. The van der Waals surface area contributed by atoms with Gasteiger partial charge in [0, 0.05) is 6.92 Å². The van der Waals surface area contributed by atoms with Crippen molar-refractivity contribution in [3.05, 3.63) is 21.5 Å². The molecule has 0 atom stereocenters. The normalized spacial score (nSPS) is 11.3. The van der Waals surface area contributed by atoms with Gasteiger partial charge in [0.25, 0.3) is 0 Å². The first-order valence-electron chi connectivity index (χ1n) is 4.84. The summed E-state index contributed by atoms with van der Waals surface area (Å²) >= 11 is 1.99. The summed E-state index contributed by atoms with van der Waals surface area (Å²) < 4.78 is 7.17. The van der Waals surface area contributed by atoms with Crippen molar-refractivity contribution in [3.8, 4) is 0 Å². The van der Waals surface area contributed by atoms with Crippen molar-refractivity contribution in [2.45, 2.75) is 33.3 Å². The molecule has 5 heteroatoms. The molecule has 0 aliphatic heterocycles. The third-order valence-electron chi connectivity index (χ3n) is 1.77. The summed E-state index contributed by atoms with van der Waals surface area (Å²) in [7, 11) is 0. The van der Waals surface area contributed by atoms with Gasteiger partial charge in [0.1, 0.15) is 5.60 Å². The topological polar surface area (TPSA) is 48.3 Å². The lowest BCUT2D eigenvalue weighted by atomic mass is 10.2. The molecule has 0 saturated carbocycles. The fraction of sp³-hybridized carbons (Fsp3) is 0.455. The second-order valence-electron chi connectivity index (χ2n) is 4.41. The molecule has 0 spiro atoms. The van der Waals surface area contributed by atoms with E-state index in [0.717, 1.165) is 0 Å². The summed E-state index contributed by atoms with van der Waals surface area (Å²) in [5.74, 6) is -0.159. The minimum atomic E-state index is -0.571. The number of carbonyl (C=O) groups is 2. The van der Waals surface area contributed by atoms with Crippen molar-refractivity contribution in [3.63, 3.8) is 0 Å². The Morgan fingerprint density at radius 2 is 1.88 bits per heavy atom. The van der Waals surface area contributed by atoms with Crippen LogP contribution >= 0.6 is 22.6 Å². The first-order chi connectivity index (χ1) is 7.22. The molecule has 0 fully saturated rings. The lowest BCUT2D eigenvalue weighted by Gasteiger charge is -2.20. The van der Waals surface area contributed by atoms with Crippen molar-refractivity contribution in [1.82, 2.24) is 4.57 Å². The molecule has 1 heterocycles. The second-order valence-corrected chi connectivity index (χ2v) is 5.52. The van der Waals surface area contributed by atoms with Crippen LogP contribution in [0.5, 0.6) is 0 Å². The van der Waals surface area contributed by atoms with Gasteiger partial charge in [-0.05, 0) is 55.5 Å². The number of Topliss-reactive ketones (excluding diaryl/α,β-unsaturated/α-hetero) is 1. The molecule has 1 aromatic rings. The van der Waals surface area contributed by atoms with Gasteiger partial charge in [0.15, 0.2) is 5.78 Å². The lowest BCUT2D eigenvalue weighted by Crippen LogP contribution is -2.29. The molecule has 16 heavy (non-hydrogen) atoms. The molecule has 0 saturated heterocycles. The Labute approximate surface area is 108 Å². The van der Waals surface area contributed by atoms with E-state index >= 15 is 0 Å². The Hall–Kier alpha value is -0.850. The van der Waals surface area contributed by atoms with E-state index in [2.05, 4.69) is 0 Å². The highest BCUT2D eigenvalue weighted by molar-refractivity contribution is 14.1. The van der Waals surface area contributed by atoms with Gasteiger partial charge in [0.2, 0.25) is 0 Å². The lowest BCUT2D eigenvalue weighted by molar-refractivity contribution is 0.0524.